The quantitative estimate of drug-likeness (QED) is 0.767. The third kappa shape index (κ3) is 4.59. The van der Waals surface area contributed by atoms with Gasteiger partial charge in [-0.1, -0.05) is 30.3 Å². The van der Waals surface area contributed by atoms with Crippen molar-refractivity contribution in [3.63, 3.8) is 0 Å². The molecule has 2 atom stereocenters. The van der Waals surface area contributed by atoms with Crippen LogP contribution in [0.4, 0.5) is 0 Å². The Morgan fingerprint density at radius 2 is 2.14 bits per heavy atom. The smallest absolute Gasteiger partial charge is 0.221 e. The third-order valence-corrected chi connectivity index (χ3v) is 3.84. The van der Waals surface area contributed by atoms with Gasteiger partial charge in [-0.3, -0.25) is 9.69 Å². The average molecular weight is 286 g/mol. The number of carbonyl (C=O) groups is 1. The summed E-state index contributed by atoms with van der Waals surface area (Å²) in [7, 11) is 0. The number of benzene rings is 1. The van der Waals surface area contributed by atoms with Crippen molar-refractivity contribution in [2.75, 3.05) is 19.7 Å². The van der Waals surface area contributed by atoms with Crippen LogP contribution < -0.4 is 5.32 Å². The van der Waals surface area contributed by atoms with Crippen LogP contribution in [0.5, 0.6) is 0 Å². The predicted molar refractivity (Wildman–Crippen MR) is 82.3 cm³/mol. The van der Waals surface area contributed by atoms with Gasteiger partial charge in [-0.2, -0.15) is 0 Å². The van der Waals surface area contributed by atoms with Crippen LogP contribution in [0.2, 0.25) is 0 Å². The van der Waals surface area contributed by atoms with E-state index in [4.69, 9.17) is 6.42 Å². The Morgan fingerprint density at radius 1 is 1.38 bits per heavy atom. The molecule has 2 N–H and O–H groups in total. The van der Waals surface area contributed by atoms with Crippen LogP contribution in [0.15, 0.2) is 30.3 Å². The van der Waals surface area contributed by atoms with Gasteiger partial charge in [0.05, 0.1) is 0 Å². The molecule has 1 heterocycles. The highest BCUT2D eigenvalue weighted by molar-refractivity contribution is 5.76. The lowest BCUT2D eigenvalue weighted by Gasteiger charge is -2.18. The van der Waals surface area contributed by atoms with E-state index in [1.54, 1.807) is 0 Å². The molecule has 1 amide bonds. The zero-order valence-corrected chi connectivity index (χ0v) is 12.2. The van der Waals surface area contributed by atoms with Crippen molar-refractivity contribution in [1.82, 2.24) is 10.2 Å². The molecular weight excluding hydrogens is 264 g/mol. The zero-order chi connectivity index (χ0) is 15.1. The first kappa shape index (κ1) is 15.6. The van der Waals surface area contributed by atoms with Gasteiger partial charge in [-0.05, 0) is 5.56 Å². The van der Waals surface area contributed by atoms with E-state index in [1.165, 1.54) is 5.56 Å². The molecule has 21 heavy (non-hydrogen) atoms. The molecule has 1 aromatic carbocycles. The minimum absolute atomic E-state index is 0.00369. The minimum Gasteiger partial charge on any atom is -0.396 e. The standard InChI is InChI=1S/C17H22N2O2/c1-2-3-9-17(21)18-16-12-19(11-15(16)13-20)10-14-7-5-4-6-8-14/h1,4-8,15-16,20H,3,9-13H2,(H,18,21)/t15-,16+/m0/s1. The molecule has 4 nitrogen and oxygen atoms in total. The fraction of sp³-hybridized carbons (Fsp3) is 0.471. The first-order valence-electron chi connectivity index (χ1n) is 7.33. The van der Waals surface area contributed by atoms with Gasteiger partial charge in [0.15, 0.2) is 0 Å². The van der Waals surface area contributed by atoms with E-state index in [1.807, 2.05) is 18.2 Å². The molecule has 1 aromatic rings. The number of terminal acetylenes is 1. The second kappa shape index (κ2) is 7.82. The van der Waals surface area contributed by atoms with Gasteiger partial charge in [0.25, 0.3) is 0 Å². The largest absolute Gasteiger partial charge is 0.396 e. The number of carbonyl (C=O) groups excluding carboxylic acids is 1. The van der Waals surface area contributed by atoms with Crippen LogP contribution >= 0.6 is 0 Å². The topological polar surface area (TPSA) is 52.6 Å². The van der Waals surface area contributed by atoms with E-state index in [0.717, 1.165) is 19.6 Å². The summed E-state index contributed by atoms with van der Waals surface area (Å²) >= 11 is 0. The van der Waals surface area contributed by atoms with Gasteiger partial charge >= 0.3 is 0 Å². The summed E-state index contributed by atoms with van der Waals surface area (Å²) in [4.78, 5) is 14.0. The van der Waals surface area contributed by atoms with E-state index in [2.05, 4.69) is 28.3 Å². The SMILES string of the molecule is C#CCCC(=O)N[C@@H]1CN(Cc2ccccc2)C[C@H]1CO. The van der Waals surface area contributed by atoms with Crippen molar-refractivity contribution >= 4 is 5.91 Å². The molecule has 112 valence electrons. The minimum atomic E-state index is -0.0297. The molecule has 0 spiro atoms. The maximum atomic E-state index is 11.8. The molecule has 0 unspecified atom stereocenters. The number of hydrogen-bond donors (Lipinski definition) is 2. The third-order valence-electron chi connectivity index (χ3n) is 3.84. The number of likely N-dealkylation sites (tertiary alicyclic amines) is 1. The molecule has 0 saturated carbocycles. The molecule has 0 radical (unpaired) electrons. The zero-order valence-electron chi connectivity index (χ0n) is 12.2. The van der Waals surface area contributed by atoms with Crippen LogP contribution in [-0.4, -0.2) is 41.7 Å². The Hall–Kier alpha value is -1.83. The molecule has 1 aliphatic heterocycles. The van der Waals surface area contributed by atoms with E-state index in [-0.39, 0.29) is 24.5 Å². The van der Waals surface area contributed by atoms with Crippen molar-refractivity contribution in [2.45, 2.75) is 25.4 Å². The van der Waals surface area contributed by atoms with Crippen LogP contribution in [0, 0.1) is 18.3 Å². The van der Waals surface area contributed by atoms with Crippen molar-refractivity contribution in [1.29, 1.82) is 0 Å². The lowest BCUT2D eigenvalue weighted by atomic mass is 10.1. The van der Waals surface area contributed by atoms with Crippen LogP contribution in [-0.2, 0) is 11.3 Å². The van der Waals surface area contributed by atoms with Crippen LogP contribution in [0.3, 0.4) is 0 Å². The van der Waals surface area contributed by atoms with Crippen molar-refractivity contribution in [3.8, 4) is 12.3 Å². The summed E-state index contributed by atoms with van der Waals surface area (Å²) in [5.74, 6) is 2.53. The molecule has 0 bridgehead atoms. The Balaban J connectivity index is 1.88. The fourth-order valence-corrected chi connectivity index (χ4v) is 2.74. The molecule has 0 aliphatic carbocycles. The number of aliphatic hydroxyl groups is 1. The normalized spacial score (nSPS) is 21.9. The van der Waals surface area contributed by atoms with E-state index >= 15 is 0 Å². The fourth-order valence-electron chi connectivity index (χ4n) is 2.74. The van der Waals surface area contributed by atoms with Crippen molar-refractivity contribution in [3.05, 3.63) is 35.9 Å². The van der Waals surface area contributed by atoms with Gasteiger partial charge in [0.2, 0.25) is 5.91 Å². The monoisotopic (exact) mass is 286 g/mol. The summed E-state index contributed by atoms with van der Waals surface area (Å²) in [6, 6.07) is 10.2. The summed E-state index contributed by atoms with van der Waals surface area (Å²) in [5.41, 5.74) is 1.24. The summed E-state index contributed by atoms with van der Waals surface area (Å²) in [6.07, 6.45) is 5.97. The van der Waals surface area contributed by atoms with Gasteiger partial charge in [-0.25, -0.2) is 0 Å². The molecule has 0 aromatic heterocycles. The van der Waals surface area contributed by atoms with Crippen molar-refractivity contribution in [2.24, 2.45) is 5.92 Å². The Kier molecular flexibility index (Phi) is 5.79. The van der Waals surface area contributed by atoms with Gasteiger partial charge in [-0.15, -0.1) is 12.3 Å². The van der Waals surface area contributed by atoms with Crippen LogP contribution in [0.1, 0.15) is 18.4 Å². The number of nitrogens with one attached hydrogen (secondary N) is 1. The number of aliphatic hydroxyl groups excluding tert-OH is 1. The summed E-state index contributed by atoms with van der Waals surface area (Å²) < 4.78 is 0. The second-order valence-corrected chi connectivity index (χ2v) is 5.50. The average Bonchev–Trinajstić information content (AvgIpc) is 2.87. The van der Waals surface area contributed by atoms with Gasteiger partial charge < -0.3 is 10.4 Å². The Labute approximate surface area is 126 Å². The molecule has 1 fully saturated rings. The maximum absolute atomic E-state index is 11.8. The highest BCUT2D eigenvalue weighted by Gasteiger charge is 2.32. The highest BCUT2D eigenvalue weighted by atomic mass is 16.3. The summed E-state index contributed by atoms with van der Waals surface area (Å²) in [6.45, 7) is 2.49. The number of rotatable bonds is 6. The molecule has 2 rings (SSSR count). The molecular formula is C17H22N2O2. The van der Waals surface area contributed by atoms with E-state index in [9.17, 15) is 9.90 Å². The number of nitrogens with zero attached hydrogens (tertiary/aromatic N) is 1. The lowest BCUT2D eigenvalue weighted by molar-refractivity contribution is -0.121. The molecule has 1 saturated heterocycles. The number of amides is 1. The highest BCUT2D eigenvalue weighted by Crippen LogP contribution is 2.19. The van der Waals surface area contributed by atoms with Crippen LogP contribution in [0.25, 0.3) is 0 Å². The number of hydrogen-bond acceptors (Lipinski definition) is 3. The lowest BCUT2D eigenvalue weighted by Crippen LogP contribution is -2.41. The Bertz CT molecular complexity index is 495. The molecule has 4 heteroatoms. The van der Waals surface area contributed by atoms with E-state index in [0.29, 0.717) is 12.8 Å². The van der Waals surface area contributed by atoms with E-state index < -0.39 is 0 Å². The predicted octanol–water partition coefficient (Wildman–Crippen LogP) is 1.01. The molecule has 1 aliphatic rings. The first-order chi connectivity index (χ1) is 10.2. The maximum Gasteiger partial charge on any atom is 0.221 e. The summed E-state index contributed by atoms with van der Waals surface area (Å²) in [5, 5.41) is 12.5. The second-order valence-electron chi connectivity index (χ2n) is 5.50. The van der Waals surface area contributed by atoms with Crippen molar-refractivity contribution < 1.29 is 9.90 Å². The first-order valence-corrected chi connectivity index (χ1v) is 7.33. The Morgan fingerprint density at radius 3 is 2.81 bits per heavy atom. The van der Waals surface area contributed by atoms with Gasteiger partial charge in [0.1, 0.15) is 0 Å². The van der Waals surface area contributed by atoms with Gasteiger partial charge in [0, 0.05) is 51.0 Å².